The Labute approximate surface area is 855 Å². The summed E-state index contributed by atoms with van der Waals surface area (Å²) in [5, 5.41) is 19.8. The number of nitrogens with one attached hydrogen (secondary N) is 7. The fourth-order valence-corrected chi connectivity index (χ4v) is 21.3. The van der Waals surface area contributed by atoms with Crippen LogP contribution < -0.4 is 56.2 Å². The Morgan fingerprint density at radius 1 is 0.352 bits per heavy atom. The van der Waals surface area contributed by atoms with Gasteiger partial charge in [-0.2, -0.15) is 0 Å². The van der Waals surface area contributed by atoms with Gasteiger partial charge in [0.2, 0.25) is 0 Å². The summed E-state index contributed by atoms with van der Waals surface area (Å²) in [5.74, 6) is 4.96. The van der Waals surface area contributed by atoms with Crippen molar-refractivity contribution >= 4 is 48.6 Å². The van der Waals surface area contributed by atoms with E-state index >= 15 is 0 Å². The standard InChI is InChI=1S/C32H52N2O5.C30H49NO5.C28H48N2O5.C25H42N2O5/c1-31(2,3)22-32(4,5)25-11-17-28(18-12-25)38-19-20-39-30(36)34-27-15-9-24(10-16-27)21-23-7-13-26(14-8-23)33-29(35)37-6;1-27(2,3)19-29(6,7)23-10-12-24(13-11-23)35-14-15-36-26(33)31-21-30(8)18-22(16-25(32)34-9)17-28(4,5)20-30;1-21(18-29-24(31)33-9)14-15-27(5,6)20-30-25(32)35-17-16-34-23-12-10-22(11-13-23)28(7,8)19-26(2,3)4;1-24(2,3)19-25(4,5)20-11-13-21(14-12-20)31-17-18-32-23(29)27-16-10-8-7-9-15-26-22(28)30-6/h11-12,17-18,23-24,26-27H,7-10,13-16,19-22H2,1-6H3,(H,33,35)(H,34,36);10-13,22H,14-21H2,1-9H3,(H,31,33);10-13,21H,14-20H2,1-9H3,(H,29,31)(H,30,32);11-14H,7-10,15-19H2,1-6H3,(H,26,28)(H,27,29). The number of rotatable bonds is 46. The molecule has 0 heterocycles. The third kappa shape index (κ3) is 54.4. The molecule has 3 unspecified atom stereocenters. The number of carbonyl (C=O) groups is 8. The minimum Gasteiger partial charge on any atom is -0.490 e. The van der Waals surface area contributed by atoms with E-state index in [1.165, 1.54) is 70.0 Å². The van der Waals surface area contributed by atoms with Crippen LogP contribution in [0.1, 0.15) is 350 Å². The number of benzene rings is 4. The van der Waals surface area contributed by atoms with Gasteiger partial charge in [-0.1, -0.05) is 241 Å². The van der Waals surface area contributed by atoms with Gasteiger partial charge in [-0.3, -0.25) is 4.79 Å². The number of esters is 1. The fourth-order valence-electron chi connectivity index (χ4n) is 21.3. The molecular weight excluding hydrogens is 1800 g/mol. The maximum Gasteiger partial charge on any atom is 0.407 e. The van der Waals surface area contributed by atoms with Crippen molar-refractivity contribution in [3.8, 4) is 23.0 Å². The van der Waals surface area contributed by atoms with Crippen molar-refractivity contribution in [3.05, 3.63) is 119 Å². The van der Waals surface area contributed by atoms with Crippen LogP contribution >= 0.6 is 0 Å². The minimum absolute atomic E-state index is 0.0848. The molecule has 806 valence electrons. The molecule has 142 heavy (non-hydrogen) atoms. The Balaban J connectivity index is 0.000000396. The quantitative estimate of drug-likeness (QED) is 0.0123. The van der Waals surface area contributed by atoms with E-state index in [2.05, 4.69) is 275 Å². The lowest BCUT2D eigenvalue weighted by molar-refractivity contribution is -0.142. The highest BCUT2D eigenvalue weighted by Gasteiger charge is 2.43. The fraction of sp³-hybridized carbons (Fsp3) is 0.722. The molecule has 7 rings (SSSR count). The first-order valence-electron chi connectivity index (χ1n) is 52.3. The molecule has 3 fully saturated rings. The van der Waals surface area contributed by atoms with Crippen LogP contribution in [0.3, 0.4) is 0 Å². The highest BCUT2D eigenvalue weighted by molar-refractivity contribution is 5.70. The van der Waals surface area contributed by atoms with E-state index in [-0.39, 0.29) is 122 Å². The molecule has 0 spiro atoms. The van der Waals surface area contributed by atoms with Crippen LogP contribution in [-0.2, 0) is 64.3 Å². The molecule has 4 aromatic carbocycles. The summed E-state index contributed by atoms with van der Waals surface area (Å²) in [5.41, 5.74) is 6.48. The number of carbonyl (C=O) groups excluding carboxylic acids is 8. The van der Waals surface area contributed by atoms with Gasteiger partial charge >= 0.3 is 48.6 Å². The minimum atomic E-state index is -0.443. The molecule has 3 saturated carbocycles. The van der Waals surface area contributed by atoms with Crippen LogP contribution in [0.2, 0.25) is 0 Å². The van der Waals surface area contributed by atoms with E-state index < -0.39 is 30.5 Å². The van der Waals surface area contributed by atoms with Gasteiger partial charge in [0.05, 0.1) is 28.4 Å². The summed E-state index contributed by atoms with van der Waals surface area (Å²) in [7, 11) is 5.54. The molecular formula is C115H191N7O20. The first-order valence-corrected chi connectivity index (χ1v) is 52.3. The van der Waals surface area contributed by atoms with Gasteiger partial charge in [0, 0.05) is 51.2 Å². The van der Waals surface area contributed by atoms with Crippen molar-refractivity contribution in [2.75, 3.05) is 114 Å². The molecule has 0 radical (unpaired) electrons. The lowest BCUT2D eigenvalue weighted by Gasteiger charge is -2.46. The van der Waals surface area contributed by atoms with Gasteiger partial charge in [0.15, 0.2) is 0 Å². The van der Waals surface area contributed by atoms with E-state index in [1.54, 1.807) is 0 Å². The first-order chi connectivity index (χ1) is 66.1. The molecule has 0 aliphatic heterocycles. The highest BCUT2D eigenvalue weighted by Crippen LogP contribution is 2.50. The van der Waals surface area contributed by atoms with Crippen molar-refractivity contribution in [2.24, 2.45) is 61.6 Å². The highest BCUT2D eigenvalue weighted by atomic mass is 16.6. The molecule has 3 atom stereocenters. The van der Waals surface area contributed by atoms with Crippen molar-refractivity contribution in [2.45, 2.75) is 361 Å². The van der Waals surface area contributed by atoms with Crippen LogP contribution in [-0.4, -0.2) is 175 Å². The number of alkyl carbamates (subject to hydrolysis) is 7. The van der Waals surface area contributed by atoms with Gasteiger partial charge in [-0.15, -0.1) is 0 Å². The third-order valence-electron chi connectivity index (χ3n) is 26.5. The normalized spacial score (nSPS) is 18.0. The third-order valence-corrected chi connectivity index (χ3v) is 26.5. The van der Waals surface area contributed by atoms with Crippen LogP contribution in [0.5, 0.6) is 23.0 Å². The lowest BCUT2D eigenvalue weighted by Crippen LogP contribution is -2.44. The zero-order valence-electron chi connectivity index (χ0n) is 93.3. The van der Waals surface area contributed by atoms with Crippen LogP contribution in [0.4, 0.5) is 33.6 Å². The van der Waals surface area contributed by atoms with Crippen molar-refractivity contribution in [3.63, 3.8) is 0 Å². The number of hydrogen-bond donors (Lipinski definition) is 7. The first kappa shape index (κ1) is 125. The molecule has 7 N–H and O–H groups in total. The maximum atomic E-state index is 12.3. The molecule has 0 saturated heterocycles. The van der Waals surface area contributed by atoms with Crippen LogP contribution in [0.25, 0.3) is 0 Å². The Morgan fingerprint density at radius 3 is 1.01 bits per heavy atom. The van der Waals surface area contributed by atoms with Crippen LogP contribution in [0.15, 0.2) is 97.1 Å². The van der Waals surface area contributed by atoms with Crippen molar-refractivity contribution in [1.82, 2.24) is 37.2 Å². The zero-order valence-corrected chi connectivity index (χ0v) is 93.3. The Kier molecular flexibility index (Phi) is 52.5. The van der Waals surface area contributed by atoms with Gasteiger partial charge in [0.25, 0.3) is 0 Å². The second-order valence-corrected chi connectivity index (χ2v) is 49.3. The topological polar surface area (TPSA) is 332 Å². The Hall–Kier alpha value is -9.56. The van der Waals surface area contributed by atoms with Gasteiger partial charge in [0.1, 0.15) is 75.9 Å². The van der Waals surface area contributed by atoms with Crippen molar-refractivity contribution < 1.29 is 95.2 Å². The largest absolute Gasteiger partial charge is 0.490 e. The molecule has 3 aliphatic carbocycles. The van der Waals surface area contributed by atoms with E-state index in [0.29, 0.717) is 71.5 Å². The van der Waals surface area contributed by atoms with E-state index in [1.807, 2.05) is 48.5 Å². The molecule has 27 heteroatoms. The molecule has 3 aliphatic rings. The van der Waals surface area contributed by atoms with Gasteiger partial charge in [-0.05, 0) is 282 Å². The summed E-state index contributed by atoms with van der Waals surface area (Å²) in [6.07, 6.45) is 20.3. The van der Waals surface area contributed by atoms with Crippen LogP contribution in [0, 0.1) is 61.6 Å². The average Bonchev–Trinajstić information content (AvgIpc) is 0.794. The summed E-state index contributed by atoms with van der Waals surface area (Å²) in [6.45, 7) is 63.0. The Morgan fingerprint density at radius 2 is 0.669 bits per heavy atom. The summed E-state index contributed by atoms with van der Waals surface area (Å²) in [4.78, 5) is 93.7. The Bertz CT molecular complexity index is 4320. The number of unbranched alkanes of at least 4 members (excludes halogenated alkanes) is 3. The molecule has 0 bridgehead atoms. The van der Waals surface area contributed by atoms with Gasteiger partial charge < -0.3 is 94.1 Å². The lowest BCUT2D eigenvalue weighted by atomic mass is 9.60. The maximum absolute atomic E-state index is 12.3. The van der Waals surface area contributed by atoms with Gasteiger partial charge in [-0.25, -0.2) is 33.6 Å². The predicted octanol–water partition coefficient (Wildman–Crippen LogP) is 26.0. The molecule has 4 aromatic rings. The predicted molar refractivity (Wildman–Crippen MR) is 568 cm³/mol. The average molecular weight is 1990 g/mol. The summed E-state index contributed by atoms with van der Waals surface area (Å²) >= 11 is 0. The number of amides is 7. The summed E-state index contributed by atoms with van der Waals surface area (Å²) < 4.78 is 62.8. The second kappa shape index (κ2) is 59.8. The van der Waals surface area contributed by atoms with E-state index in [4.69, 9.17) is 47.4 Å². The van der Waals surface area contributed by atoms with Crippen molar-refractivity contribution in [1.29, 1.82) is 0 Å². The smallest absolute Gasteiger partial charge is 0.407 e. The number of methoxy groups -OCH3 is 4. The van der Waals surface area contributed by atoms with E-state index in [0.717, 1.165) is 157 Å². The molecule has 27 nitrogen and oxygen atoms in total. The monoisotopic (exact) mass is 1990 g/mol. The summed E-state index contributed by atoms with van der Waals surface area (Å²) in [6, 6.07) is 33.3. The molecule has 0 aromatic heterocycles. The molecule has 7 amide bonds. The second-order valence-electron chi connectivity index (χ2n) is 49.3. The SMILES string of the molecule is COC(=O)CC1CC(C)(C)CC(C)(CNC(=O)OCCOc2ccc(C(C)(C)CC(C)(C)C)cc2)C1.COC(=O)NC1CCC(CC2CCC(NC(=O)OCCOc3ccc(C(C)(C)CC(C)(C)C)cc3)CC2)CC1.COC(=O)NCC(C)CCC(C)(C)CNC(=O)OCCOc1ccc(C(C)(C)CC(C)(C)C)cc1.COC(=O)NCCCCCCNC(=O)OCCOc1ccc(C(C)(C)CC(C)(C)C)cc1. The number of ether oxygens (including phenoxy) is 12. The zero-order chi connectivity index (χ0) is 106. The van der Waals surface area contributed by atoms with E-state index in [9.17, 15) is 38.4 Å². The number of hydrogen-bond acceptors (Lipinski definition) is 20.